The molecule has 0 aromatic rings. The van der Waals surface area contributed by atoms with Crippen molar-refractivity contribution < 1.29 is 22.0 Å². The van der Waals surface area contributed by atoms with Gasteiger partial charge in [-0.1, -0.05) is 13.8 Å². The third kappa shape index (κ3) is 1.97. The van der Waals surface area contributed by atoms with Gasteiger partial charge in [0.1, 0.15) is 0 Å². The van der Waals surface area contributed by atoms with Crippen molar-refractivity contribution in [3.05, 3.63) is 0 Å². The van der Waals surface area contributed by atoms with Crippen molar-refractivity contribution in [1.82, 2.24) is 0 Å². The maximum atomic E-state index is 13.9. The van der Waals surface area contributed by atoms with Crippen LogP contribution in [0.25, 0.3) is 0 Å². The van der Waals surface area contributed by atoms with Gasteiger partial charge in [0.25, 0.3) is 0 Å². The van der Waals surface area contributed by atoms with E-state index in [1.54, 1.807) is 13.8 Å². The summed E-state index contributed by atoms with van der Waals surface area (Å²) < 4.78 is 66.3. The van der Waals surface area contributed by atoms with Crippen LogP contribution in [-0.4, -0.2) is 17.5 Å². The molecule has 1 saturated carbocycles. The van der Waals surface area contributed by atoms with E-state index in [2.05, 4.69) is 0 Å². The van der Waals surface area contributed by atoms with Gasteiger partial charge < -0.3 is 0 Å². The fraction of sp³-hybridized carbons (Fsp3) is 1.00. The van der Waals surface area contributed by atoms with Crippen LogP contribution in [0.4, 0.5) is 22.0 Å². The molecule has 5 heteroatoms. The van der Waals surface area contributed by atoms with E-state index in [4.69, 9.17) is 0 Å². The van der Waals surface area contributed by atoms with Crippen LogP contribution in [0, 0.1) is 5.92 Å². The van der Waals surface area contributed by atoms with Crippen LogP contribution < -0.4 is 0 Å². The molecule has 0 spiro atoms. The lowest BCUT2D eigenvalue weighted by Crippen LogP contribution is -2.59. The lowest BCUT2D eigenvalue weighted by molar-refractivity contribution is -0.295. The second-order valence-corrected chi connectivity index (χ2v) is 4.70. The second kappa shape index (κ2) is 3.59. The molecule has 1 unspecified atom stereocenters. The summed E-state index contributed by atoms with van der Waals surface area (Å²) in [6.07, 6.45) is -2.11. The first kappa shape index (κ1) is 12.7. The molecule has 1 aliphatic rings. The molecular formula is C10H15F5. The average molecular weight is 230 g/mol. The molecule has 0 bridgehead atoms. The van der Waals surface area contributed by atoms with Gasteiger partial charge in [-0.05, 0) is 25.2 Å². The van der Waals surface area contributed by atoms with Gasteiger partial charge >= 0.3 is 11.8 Å². The van der Waals surface area contributed by atoms with Crippen molar-refractivity contribution in [2.24, 2.45) is 5.92 Å². The highest BCUT2D eigenvalue weighted by Crippen LogP contribution is 2.55. The van der Waals surface area contributed by atoms with Crippen molar-refractivity contribution in [3.8, 4) is 0 Å². The molecule has 0 aromatic heterocycles. The van der Waals surface area contributed by atoms with Crippen LogP contribution in [0.5, 0.6) is 0 Å². The van der Waals surface area contributed by atoms with Crippen LogP contribution >= 0.6 is 0 Å². The van der Waals surface area contributed by atoms with Gasteiger partial charge in [0, 0.05) is 6.42 Å². The summed E-state index contributed by atoms with van der Waals surface area (Å²) in [7, 11) is 0. The topological polar surface area (TPSA) is 0 Å². The quantitative estimate of drug-likeness (QED) is 0.624. The largest absolute Gasteiger partial charge is 0.343 e. The minimum absolute atomic E-state index is 0.189. The van der Waals surface area contributed by atoms with Gasteiger partial charge in [-0.15, -0.1) is 0 Å². The molecule has 0 saturated heterocycles. The lowest BCUT2D eigenvalue weighted by Gasteiger charge is -2.42. The molecule has 0 heterocycles. The minimum Gasteiger partial charge on any atom is -0.237 e. The maximum absolute atomic E-state index is 13.9. The first-order chi connectivity index (χ1) is 6.62. The molecular weight excluding hydrogens is 215 g/mol. The molecule has 0 aliphatic heterocycles. The number of alkyl halides is 5. The van der Waals surface area contributed by atoms with E-state index in [9.17, 15) is 22.0 Å². The number of hydrogen-bond donors (Lipinski definition) is 0. The Morgan fingerprint density at radius 3 is 2.00 bits per heavy atom. The van der Waals surface area contributed by atoms with Gasteiger partial charge in [-0.3, -0.25) is 0 Å². The van der Waals surface area contributed by atoms with Gasteiger partial charge in [0.15, 0.2) is 5.67 Å². The van der Waals surface area contributed by atoms with Crippen LogP contribution in [0.3, 0.4) is 0 Å². The predicted molar refractivity (Wildman–Crippen MR) is 47.0 cm³/mol. The Kier molecular flexibility index (Phi) is 3.05. The lowest BCUT2D eigenvalue weighted by atomic mass is 9.76. The third-order valence-corrected chi connectivity index (χ3v) is 2.82. The Bertz CT molecular complexity index is 236. The molecule has 0 aromatic carbocycles. The van der Waals surface area contributed by atoms with E-state index in [1.807, 2.05) is 0 Å². The monoisotopic (exact) mass is 230 g/mol. The third-order valence-electron chi connectivity index (χ3n) is 2.82. The summed E-state index contributed by atoms with van der Waals surface area (Å²) in [6, 6.07) is 0. The van der Waals surface area contributed by atoms with Crippen LogP contribution in [0.2, 0.25) is 0 Å². The van der Waals surface area contributed by atoms with Crippen molar-refractivity contribution in [2.45, 2.75) is 57.0 Å². The van der Waals surface area contributed by atoms with E-state index in [1.165, 1.54) is 0 Å². The summed E-state index contributed by atoms with van der Waals surface area (Å²) in [6.45, 7) is 3.09. The first-order valence-electron chi connectivity index (χ1n) is 5.07. The Balaban J connectivity index is 2.97. The number of halogens is 5. The van der Waals surface area contributed by atoms with Crippen molar-refractivity contribution in [3.63, 3.8) is 0 Å². The molecule has 1 rings (SSSR count). The molecule has 1 aliphatic carbocycles. The highest BCUT2D eigenvalue weighted by molar-refractivity contribution is 5.05. The Labute approximate surface area is 85.8 Å². The summed E-state index contributed by atoms with van der Waals surface area (Å²) in [5.74, 6) is -9.12. The highest BCUT2D eigenvalue weighted by atomic mass is 19.3. The summed E-state index contributed by atoms with van der Waals surface area (Å²) in [5.41, 5.74) is -3.05. The smallest absolute Gasteiger partial charge is 0.237 e. The summed E-state index contributed by atoms with van der Waals surface area (Å²) in [5, 5.41) is 0. The fourth-order valence-corrected chi connectivity index (χ4v) is 2.11. The zero-order chi connectivity index (χ0) is 11.9. The van der Waals surface area contributed by atoms with Crippen molar-refractivity contribution >= 4 is 0 Å². The maximum Gasteiger partial charge on any atom is 0.343 e. The molecule has 0 amide bonds. The van der Waals surface area contributed by atoms with E-state index < -0.39 is 36.8 Å². The summed E-state index contributed by atoms with van der Waals surface area (Å²) in [4.78, 5) is 0. The average Bonchev–Trinajstić information content (AvgIpc) is 1.99. The number of hydrogen-bond acceptors (Lipinski definition) is 0. The molecule has 0 nitrogen and oxygen atoms in total. The van der Waals surface area contributed by atoms with Gasteiger partial charge in [0.2, 0.25) is 0 Å². The SMILES string of the molecule is CC(C)CC1(F)CCCC(F)(F)C1(F)F. The number of rotatable bonds is 2. The fourth-order valence-electron chi connectivity index (χ4n) is 2.11. The van der Waals surface area contributed by atoms with Gasteiger partial charge in [-0.25, -0.2) is 4.39 Å². The van der Waals surface area contributed by atoms with E-state index in [0.717, 1.165) is 0 Å². The van der Waals surface area contributed by atoms with E-state index >= 15 is 0 Å². The molecule has 1 fully saturated rings. The molecule has 0 radical (unpaired) electrons. The standard InChI is InChI=1S/C10H15F5/c1-7(2)6-8(11)4-3-5-9(12,13)10(8,14)15/h7H,3-6H2,1-2H3. The Morgan fingerprint density at radius 2 is 1.53 bits per heavy atom. The van der Waals surface area contributed by atoms with Crippen LogP contribution in [0.15, 0.2) is 0 Å². The van der Waals surface area contributed by atoms with Gasteiger partial charge in [-0.2, -0.15) is 17.6 Å². The normalized spacial score (nSPS) is 34.4. The summed E-state index contributed by atoms with van der Waals surface area (Å²) >= 11 is 0. The predicted octanol–water partition coefficient (Wildman–Crippen LogP) is 4.20. The van der Waals surface area contributed by atoms with Crippen LogP contribution in [0.1, 0.15) is 39.5 Å². The van der Waals surface area contributed by atoms with E-state index in [-0.39, 0.29) is 12.3 Å². The zero-order valence-corrected chi connectivity index (χ0v) is 8.80. The molecule has 0 N–H and O–H groups in total. The molecule has 1 atom stereocenters. The highest BCUT2D eigenvalue weighted by Gasteiger charge is 2.71. The first-order valence-corrected chi connectivity index (χ1v) is 5.07. The van der Waals surface area contributed by atoms with Gasteiger partial charge in [0.05, 0.1) is 0 Å². The Hall–Kier alpha value is -0.350. The van der Waals surface area contributed by atoms with E-state index in [0.29, 0.717) is 0 Å². The zero-order valence-electron chi connectivity index (χ0n) is 8.80. The molecule has 15 heavy (non-hydrogen) atoms. The van der Waals surface area contributed by atoms with Crippen molar-refractivity contribution in [2.75, 3.05) is 0 Å². The Morgan fingerprint density at radius 1 is 1.00 bits per heavy atom. The minimum atomic E-state index is -4.54. The second-order valence-electron chi connectivity index (χ2n) is 4.70. The van der Waals surface area contributed by atoms with Crippen LogP contribution in [-0.2, 0) is 0 Å². The molecule has 90 valence electrons. The van der Waals surface area contributed by atoms with Crippen molar-refractivity contribution in [1.29, 1.82) is 0 Å².